The van der Waals surface area contributed by atoms with Gasteiger partial charge in [-0.1, -0.05) is 44.0 Å². The minimum absolute atomic E-state index is 0.0977. The third-order valence-electron chi connectivity index (χ3n) is 4.40. The number of carbonyl (C=O) groups is 1. The van der Waals surface area contributed by atoms with Crippen LogP contribution in [-0.2, 0) is 0 Å². The lowest BCUT2D eigenvalue weighted by atomic mass is 10.1. The van der Waals surface area contributed by atoms with Crippen LogP contribution >= 0.6 is 0 Å². The van der Waals surface area contributed by atoms with Gasteiger partial charge in [-0.2, -0.15) is 0 Å². The van der Waals surface area contributed by atoms with Gasteiger partial charge in [0.15, 0.2) is 5.69 Å². The van der Waals surface area contributed by atoms with Crippen molar-refractivity contribution < 1.29 is 4.79 Å². The summed E-state index contributed by atoms with van der Waals surface area (Å²) in [6, 6.07) is 8.37. The summed E-state index contributed by atoms with van der Waals surface area (Å²) in [6.07, 6.45) is 4.51. The van der Waals surface area contributed by atoms with Crippen LogP contribution in [0.5, 0.6) is 0 Å². The van der Waals surface area contributed by atoms with Gasteiger partial charge in [-0.05, 0) is 43.4 Å². The number of amides is 1. The Bertz CT molecular complexity index is 699. The monoisotopic (exact) mass is 312 g/mol. The molecule has 0 saturated heterocycles. The fourth-order valence-corrected chi connectivity index (χ4v) is 3.24. The molecule has 23 heavy (non-hydrogen) atoms. The zero-order valence-corrected chi connectivity index (χ0v) is 14.0. The molecule has 5 nitrogen and oxygen atoms in total. The Balaban J connectivity index is 1.93. The predicted molar refractivity (Wildman–Crippen MR) is 89.9 cm³/mol. The van der Waals surface area contributed by atoms with Crippen molar-refractivity contribution in [3.8, 4) is 5.69 Å². The fraction of sp³-hybridized carbons (Fsp3) is 0.500. The topological polar surface area (TPSA) is 59.8 Å². The number of hydrogen-bond donors (Lipinski definition) is 1. The molecule has 0 spiro atoms. The van der Waals surface area contributed by atoms with Gasteiger partial charge in [-0.15, -0.1) is 5.10 Å². The van der Waals surface area contributed by atoms with Crippen molar-refractivity contribution in [2.24, 2.45) is 0 Å². The van der Waals surface area contributed by atoms with Gasteiger partial charge in [-0.25, -0.2) is 4.68 Å². The maximum absolute atomic E-state index is 12.6. The Hall–Kier alpha value is -2.17. The second-order valence-corrected chi connectivity index (χ2v) is 6.68. The van der Waals surface area contributed by atoms with Crippen LogP contribution in [0.1, 0.15) is 67.2 Å². The van der Waals surface area contributed by atoms with E-state index in [1.54, 1.807) is 4.68 Å². The van der Waals surface area contributed by atoms with Crippen LogP contribution in [0, 0.1) is 6.92 Å². The van der Waals surface area contributed by atoms with Crippen LogP contribution in [0.25, 0.3) is 5.69 Å². The van der Waals surface area contributed by atoms with Crippen LogP contribution in [0.2, 0.25) is 0 Å². The largest absolute Gasteiger partial charge is 0.348 e. The molecule has 0 aliphatic heterocycles. The second-order valence-electron chi connectivity index (χ2n) is 6.68. The molecule has 0 unspecified atom stereocenters. The first-order chi connectivity index (χ1) is 11.1. The highest BCUT2D eigenvalue weighted by atomic mass is 16.2. The maximum Gasteiger partial charge on any atom is 0.274 e. The summed E-state index contributed by atoms with van der Waals surface area (Å²) in [5, 5.41) is 11.5. The molecule has 1 fully saturated rings. The van der Waals surface area contributed by atoms with Crippen molar-refractivity contribution in [1.29, 1.82) is 0 Å². The van der Waals surface area contributed by atoms with Crippen molar-refractivity contribution in [1.82, 2.24) is 20.3 Å². The minimum Gasteiger partial charge on any atom is -0.348 e. The summed E-state index contributed by atoms with van der Waals surface area (Å²) < 4.78 is 1.79. The Morgan fingerprint density at radius 1 is 1.30 bits per heavy atom. The number of nitrogens with zero attached hydrogens (tertiary/aromatic N) is 3. The molecule has 122 valence electrons. The van der Waals surface area contributed by atoms with Crippen LogP contribution in [0.3, 0.4) is 0 Å². The van der Waals surface area contributed by atoms with E-state index in [0.29, 0.717) is 5.69 Å². The fourth-order valence-electron chi connectivity index (χ4n) is 3.24. The SMILES string of the molecule is Cc1cccc(-n2nnc(C(=O)NC3CCCC3)c2C(C)C)c1. The minimum atomic E-state index is -0.0977. The molecular formula is C18H24N4O. The summed E-state index contributed by atoms with van der Waals surface area (Å²) >= 11 is 0. The first-order valence-electron chi connectivity index (χ1n) is 8.39. The molecule has 1 saturated carbocycles. The first-order valence-corrected chi connectivity index (χ1v) is 8.39. The number of carbonyl (C=O) groups excluding carboxylic acids is 1. The highest BCUT2D eigenvalue weighted by molar-refractivity contribution is 5.93. The Kier molecular flexibility index (Phi) is 4.46. The molecule has 1 aromatic carbocycles. The van der Waals surface area contributed by atoms with E-state index in [0.717, 1.165) is 29.8 Å². The van der Waals surface area contributed by atoms with Crippen molar-refractivity contribution >= 4 is 5.91 Å². The van der Waals surface area contributed by atoms with Gasteiger partial charge in [-0.3, -0.25) is 4.79 Å². The summed E-state index contributed by atoms with van der Waals surface area (Å²) in [5.41, 5.74) is 3.42. The van der Waals surface area contributed by atoms with Gasteiger partial charge < -0.3 is 5.32 Å². The lowest BCUT2D eigenvalue weighted by Crippen LogP contribution is -2.33. The highest BCUT2D eigenvalue weighted by Gasteiger charge is 2.25. The average molecular weight is 312 g/mol. The molecule has 1 aliphatic carbocycles. The summed E-state index contributed by atoms with van der Waals surface area (Å²) in [5.74, 6) is 0.0642. The number of hydrogen-bond acceptors (Lipinski definition) is 3. The van der Waals surface area contributed by atoms with Gasteiger partial charge in [0.1, 0.15) is 0 Å². The van der Waals surface area contributed by atoms with E-state index < -0.39 is 0 Å². The van der Waals surface area contributed by atoms with Gasteiger partial charge in [0.25, 0.3) is 5.91 Å². The van der Waals surface area contributed by atoms with Gasteiger partial charge >= 0.3 is 0 Å². The molecule has 2 aromatic rings. The molecule has 5 heteroatoms. The van der Waals surface area contributed by atoms with Crippen molar-refractivity contribution in [3.05, 3.63) is 41.2 Å². The molecule has 1 heterocycles. The number of benzene rings is 1. The zero-order chi connectivity index (χ0) is 16.4. The normalized spacial score (nSPS) is 15.3. The number of aryl methyl sites for hydroxylation is 1. The zero-order valence-electron chi connectivity index (χ0n) is 14.0. The lowest BCUT2D eigenvalue weighted by molar-refractivity contribution is 0.0931. The standard InChI is InChI=1S/C18H24N4O/c1-12(2)17-16(18(23)19-14-8-4-5-9-14)20-21-22(17)15-10-6-7-13(3)11-15/h6-7,10-12,14H,4-5,8-9H2,1-3H3,(H,19,23). The number of nitrogens with one attached hydrogen (secondary N) is 1. The van der Waals surface area contributed by atoms with Crippen LogP contribution < -0.4 is 5.32 Å². The quantitative estimate of drug-likeness (QED) is 0.941. The molecule has 1 aliphatic rings. The molecule has 0 atom stereocenters. The predicted octanol–water partition coefficient (Wildman–Crippen LogP) is 3.37. The van der Waals surface area contributed by atoms with Crippen LogP contribution in [0.4, 0.5) is 0 Å². The van der Waals surface area contributed by atoms with E-state index in [1.807, 2.05) is 25.1 Å². The van der Waals surface area contributed by atoms with E-state index in [1.165, 1.54) is 12.8 Å². The van der Waals surface area contributed by atoms with E-state index in [-0.39, 0.29) is 17.9 Å². The van der Waals surface area contributed by atoms with Crippen molar-refractivity contribution in [3.63, 3.8) is 0 Å². The summed E-state index contributed by atoms with van der Waals surface area (Å²) in [6.45, 7) is 6.18. The van der Waals surface area contributed by atoms with E-state index in [2.05, 4.69) is 35.5 Å². The number of aromatic nitrogens is 3. The third-order valence-corrected chi connectivity index (χ3v) is 4.40. The Morgan fingerprint density at radius 2 is 2.04 bits per heavy atom. The molecule has 3 rings (SSSR count). The van der Waals surface area contributed by atoms with Crippen LogP contribution in [-0.4, -0.2) is 26.9 Å². The lowest BCUT2D eigenvalue weighted by Gasteiger charge is -2.14. The average Bonchev–Trinajstić information content (AvgIpc) is 3.15. The van der Waals surface area contributed by atoms with E-state index in [9.17, 15) is 4.79 Å². The molecular weight excluding hydrogens is 288 g/mol. The maximum atomic E-state index is 12.6. The molecule has 1 aromatic heterocycles. The first kappa shape index (κ1) is 15.7. The summed E-state index contributed by atoms with van der Waals surface area (Å²) in [4.78, 5) is 12.6. The van der Waals surface area contributed by atoms with Crippen molar-refractivity contribution in [2.75, 3.05) is 0 Å². The Morgan fingerprint density at radius 3 is 2.70 bits per heavy atom. The molecule has 1 amide bonds. The Labute approximate surface area is 137 Å². The van der Waals surface area contributed by atoms with Gasteiger partial charge in [0.05, 0.1) is 11.4 Å². The van der Waals surface area contributed by atoms with Crippen LogP contribution in [0.15, 0.2) is 24.3 Å². The molecule has 0 radical (unpaired) electrons. The van der Waals surface area contributed by atoms with E-state index in [4.69, 9.17) is 0 Å². The molecule has 1 N–H and O–H groups in total. The number of rotatable bonds is 4. The van der Waals surface area contributed by atoms with Crippen molar-refractivity contribution in [2.45, 2.75) is 58.4 Å². The van der Waals surface area contributed by atoms with Gasteiger partial charge in [0.2, 0.25) is 0 Å². The highest BCUT2D eigenvalue weighted by Crippen LogP contribution is 2.23. The second kappa shape index (κ2) is 6.52. The van der Waals surface area contributed by atoms with E-state index >= 15 is 0 Å². The van der Waals surface area contributed by atoms with Gasteiger partial charge in [0, 0.05) is 6.04 Å². The molecule has 0 bridgehead atoms. The third kappa shape index (κ3) is 3.28. The summed E-state index contributed by atoms with van der Waals surface area (Å²) in [7, 11) is 0. The smallest absolute Gasteiger partial charge is 0.274 e.